The molecule has 0 bridgehead atoms. The summed E-state index contributed by atoms with van der Waals surface area (Å²) in [6.45, 7) is 3.80. The number of nitrogens with zero attached hydrogens (tertiary/aromatic N) is 1. The van der Waals surface area contributed by atoms with Gasteiger partial charge < -0.3 is 10.6 Å². The summed E-state index contributed by atoms with van der Waals surface area (Å²) in [4.78, 5) is 22.5. The standard InChI is InChI=1S/C17H19N3O3/c1-3-13-7-4-5-10-16(13)18-12(2)17(21)19-14-8-6-9-15(11-14)20(22)23/h4-12,18H,3H2,1-2H3,(H,19,21). The molecule has 1 unspecified atom stereocenters. The molecule has 1 amide bonds. The number of nitro benzene ring substituents is 1. The molecule has 0 fully saturated rings. The van der Waals surface area contributed by atoms with E-state index in [0.717, 1.165) is 17.7 Å². The molecule has 2 aromatic carbocycles. The summed E-state index contributed by atoms with van der Waals surface area (Å²) in [5.74, 6) is -0.253. The van der Waals surface area contributed by atoms with Gasteiger partial charge in [-0.25, -0.2) is 0 Å². The third-order valence-corrected chi connectivity index (χ3v) is 3.49. The normalized spacial score (nSPS) is 11.6. The zero-order valence-corrected chi connectivity index (χ0v) is 13.1. The van der Waals surface area contributed by atoms with Crippen LogP contribution in [0.25, 0.3) is 0 Å². The summed E-state index contributed by atoms with van der Waals surface area (Å²) in [5, 5.41) is 16.6. The highest BCUT2D eigenvalue weighted by atomic mass is 16.6. The molecule has 0 aliphatic heterocycles. The average Bonchev–Trinajstić information content (AvgIpc) is 2.55. The molecule has 2 aromatic rings. The first kappa shape index (κ1) is 16.5. The van der Waals surface area contributed by atoms with E-state index in [1.54, 1.807) is 13.0 Å². The number of nitrogens with one attached hydrogen (secondary N) is 2. The Balaban J connectivity index is 2.05. The molecule has 6 heteroatoms. The quantitative estimate of drug-likeness (QED) is 0.630. The van der Waals surface area contributed by atoms with Crippen LogP contribution in [0.5, 0.6) is 0 Å². The van der Waals surface area contributed by atoms with Crippen molar-refractivity contribution in [1.29, 1.82) is 0 Å². The molecule has 120 valence electrons. The molecular formula is C17H19N3O3. The molecule has 0 saturated carbocycles. The number of aryl methyl sites for hydroxylation is 1. The van der Waals surface area contributed by atoms with Crippen LogP contribution in [-0.4, -0.2) is 16.9 Å². The van der Waals surface area contributed by atoms with E-state index in [1.807, 2.05) is 31.2 Å². The van der Waals surface area contributed by atoms with Gasteiger partial charge >= 0.3 is 0 Å². The molecule has 6 nitrogen and oxygen atoms in total. The number of rotatable bonds is 6. The van der Waals surface area contributed by atoms with Crippen LogP contribution >= 0.6 is 0 Å². The summed E-state index contributed by atoms with van der Waals surface area (Å²) in [5.41, 5.74) is 2.39. The highest BCUT2D eigenvalue weighted by molar-refractivity contribution is 5.96. The summed E-state index contributed by atoms with van der Waals surface area (Å²) < 4.78 is 0. The SMILES string of the molecule is CCc1ccccc1NC(C)C(=O)Nc1cccc([N+](=O)[O-])c1. The summed E-state index contributed by atoms with van der Waals surface area (Å²) in [6, 6.07) is 13.2. The van der Waals surface area contributed by atoms with Crippen LogP contribution in [0, 0.1) is 10.1 Å². The number of hydrogen-bond donors (Lipinski definition) is 2. The van der Waals surface area contributed by atoms with Crippen LogP contribution in [0.3, 0.4) is 0 Å². The van der Waals surface area contributed by atoms with Crippen LogP contribution in [-0.2, 0) is 11.2 Å². The van der Waals surface area contributed by atoms with Gasteiger partial charge in [0.05, 0.1) is 4.92 Å². The van der Waals surface area contributed by atoms with Crippen molar-refractivity contribution in [2.24, 2.45) is 0 Å². The van der Waals surface area contributed by atoms with Gasteiger partial charge in [0, 0.05) is 23.5 Å². The van der Waals surface area contributed by atoms with Gasteiger partial charge in [0.15, 0.2) is 0 Å². The third-order valence-electron chi connectivity index (χ3n) is 3.49. The van der Waals surface area contributed by atoms with E-state index in [-0.39, 0.29) is 11.6 Å². The Morgan fingerprint density at radius 1 is 1.22 bits per heavy atom. The predicted molar refractivity (Wildman–Crippen MR) is 90.6 cm³/mol. The first-order valence-corrected chi connectivity index (χ1v) is 7.41. The van der Waals surface area contributed by atoms with Gasteiger partial charge in [-0.15, -0.1) is 0 Å². The molecular weight excluding hydrogens is 294 g/mol. The second kappa shape index (κ2) is 7.40. The van der Waals surface area contributed by atoms with Crippen LogP contribution in [0.1, 0.15) is 19.4 Å². The first-order chi connectivity index (χ1) is 11.0. The second-order valence-electron chi connectivity index (χ2n) is 5.17. The summed E-state index contributed by atoms with van der Waals surface area (Å²) in [7, 11) is 0. The first-order valence-electron chi connectivity index (χ1n) is 7.41. The van der Waals surface area contributed by atoms with Crippen LogP contribution < -0.4 is 10.6 Å². The Morgan fingerprint density at radius 3 is 2.65 bits per heavy atom. The molecule has 23 heavy (non-hydrogen) atoms. The molecule has 0 aromatic heterocycles. The Labute approximate surface area is 134 Å². The van der Waals surface area contributed by atoms with E-state index in [0.29, 0.717) is 5.69 Å². The monoisotopic (exact) mass is 313 g/mol. The zero-order valence-electron chi connectivity index (χ0n) is 13.1. The maximum atomic E-state index is 12.3. The minimum Gasteiger partial charge on any atom is -0.374 e. The smallest absolute Gasteiger partial charge is 0.271 e. The topological polar surface area (TPSA) is 84.3 Å². The van der Waals surface area contributed by atoms with Crippen molar-refractivity contribution in [3.8, 4) is 0 Å². The number of benzene rings is 2. The number of para-hydroxylation sites is 1. The zero-order chi connectivity index (χ0) is 16.8. The molecule has 0 aliphatic rings. The van der Waals surface area contributed by atoms with Gasteiger partial charge in [-0.2, -0.15) is 0 Å². The number of hydrogen-bond acceptors (Lipinski definition) is 4. The van der Waals surface area contributed by atoms with Gasteiger partial charge in [0.2, 0.25) is 5.91 Å². The Kier molecular flexibility index (Phi) is 5.30. The number of carbonyl (C=O) groups excluding carboxylic acids is 1. The maximum Gasteiger partial charge on any atom is 0.271 e. The number of non-ortho nitro benzene ring substituents is 1. The lowest BCUT2D eigenvalue weighted by Crippen LogP contribution is -2.32. The largest absolute Gasteiger partial charge is 0.374 e. The van der Waals surface area contributed by atoms with E-state index in [9.17, 15) is 14.9 Å². The fraction of sp³-hybridized carbons (Fsp3) is 0.235. The van der Waals surface area contributed by atoms with Crippen molar-refractivity contribution < 1.29 is 9.72 Å². The highest BCUT2D eigenvalue weighted by Crippen LogP contribution is 2.19. The van der Waals surface area contributed by atoms with Crippen LogP contribution in [0.2, 0.25) is 0 Å². The molecule has 1 atom stereocenters. The predicted octanol–water partition coefficient (Wildman–Crippen LogP) is 3.60. The second-order valence-corrected chi connectivity index (χ2v) is 5.17. The number of amides is 1. The molecule has 0 spiro atoms. The lowest BCUT2D eigenvalue weighted by Gasteiger charge is -2.17. The van der Waals surface area contributed by atoms with Gasteiger partial charge in [-0.1, -0.05) is 31.2 Å². The minimum atomic E-state index is -0.491. The van der Waals surface area contributed by atoms with Gasteiger partial charge in [-0.05, 0) is 31.0 Å². The molecule has 0 radical (unpaired) electrons. The van der Waals surface area contributed by atoms with Crippen LogP contribution in [0.4, 0.5) is 17.1 Å². The van der Waals surface area contributed by atoms with Gasteiger partial charge in [0.1, 0.15) is 6.04 Å². The van der Waals surface area contributed by atoms with Crippen molar-refractivity contribution in [3.63, 3.8) is 0 Å². The minimum absolute atomic E-state index is 0.0558. The molecule has 0 aliphatic carbocycles. The summed E-state index contributed by atoms with van der Waals surface area (Å²) >= 11 is 0. The fourth-order valence-electron chi connectivity index (χ4n) is 2.22. The lowest BCUT2D eigenvalue weighted by atomic mass is 10.1. The number of anilines is 2. The van der Waals surface area contributed by atoms with Crippen molar-refractivity contribution in [1.82, 2.24) is 0 Å². The van der Waals surface area contributed by atoms with E-state index < -0.39 is 11.0 Å². The van der Waals surface area contributed by atoms with E-state index in [4.69, 9.17) is 0 Å². The molecule has 2 rings (SSSR count). The Morgan fingerprint density at radius 2 is 1.96 bits per heavy atom. The molecule has 2 N–H and O–H groups in total. The number of carbonyl (C=O) groups is 1. The Bertz CT molecular complexity index is 716. The third kappa shape index (κ3) is 4.29. The Hall–Kier alpha value is -2.89. The van der Waals surface area contributed by atoms with E-state index >= 15 is 0 Å². The summed E-state index contributed by atoms with van der Waals surface area (Å²) in [6.07, 6.45) is 0.863. The van der Waals surface area contributed by atoms with Gasteiger partial charge in [-0.3, -0.25) is 14.9 Å². The molecule has 0 saturated heterocycles. The maximum absolute atomic E-state index is 12.3. The lowest BCUT2D eigenvalue weighted by molar-refractivity contribution is -0.384. The van der Waals surface area contributed by atoms with Gasteiger partial charge in [0.25, 0.3) is 5.69 Å². The highest BCUT2D eigenvalue weighted by Gasteiger charge is 2.15. The van der Waals surface area contributed by atoms with E-state index in [2.05, 4.69) is 10.6 Å². The molecule has 0 heterocycles. The van der Waals surface area contributed by atoms with Crippen molar-refractivity contribution in [2.45, 2.75) is 26.3 Å². The van der Waals surface area contributed by atoms with E-state index in [1.165, 1.54) is 18.2 Å². The van der Waals surface area contributed by atoms with Crippen molar-refractivity contribution in [3.05, 3.63) is 64.2 Å². The average molecular weight is 313 g/mol. The fourth-order valence-corrected chi connectivity index (χ4v) is 2.22. The number of nitro groups is 1. The van der Waals surface area contributed by atoms with Crippen LogP contribution in [0.15, 0.2) is 48.5 Å². The van der Waals surface area contributed by atoms with Crippen molar-refractivity contribution >= 4 is 23.0 Å². The van der Waals surface area contributed by atoms with Crippen molar-refractivity contribution in [2.75, 3.05) is 10.6 Å².